The standard InChI is InChI=1S/C11H21N5O2/c1-5-6-8-9(16(17)18)10(15(4)14-8)13-7-11(2,3)12/h13H,5-7,12H2,1-4H3. The molecule has 18 heavy (non-hydrogen) atoms. The predicted molar refractivity (Wildman–Crippen MR) is 70.6 cm³/mol. The predicted octanol–water partition coefficient (Wildman–Crippen LogP) is 1.43. The number of nitro groups is 1. The van der Waals surface area contributed by atoms with Gasteiger partial charge in [-0.25, -0.2) is 4.68 Å². The maximum Gasteiger partial charge on any atom is 0.333 e. The van der Waals surface area contributed by atoms with Crippen LogP contribution in [0, 0.1) is 10.1 Å². The molecule has 0 radical (unpaired) electrons. The number of hydrogen-bond acceptors (Lipinski definition) is 5. The fourth-order valence-electron chi connectivity index (χ4n) is 1.68. The molecule has 0 unspecified atom stereocenters. The van der Waals surface area contributed by atoms with Crippen LogP contribution in [0.1, 0.15) is 32.9 Å². The summed E-state index contributed by atoms with van der Waals surface area (Å²) in [6.45, 7) is 6.12. The van der Waals surface area contributed by atoms with E-state index < -0.39 is 5.54 Å². The van der Waals surface area contributed by atoms with Crippen LogP contribution in [0.25, 0.3) is 0 Å². The number of nitrogens with zero attached hydrogens (tertiary/aromatic N) is 3. The molecular formula is C11H21N5O2. The Bertz CT molecular complexity index is 433. The van der Waals surface area contributed by atoms with E-state index in [1.807, 2.05) is 20.8 Å². The fourth-order valence-corrected chi connectivity index (χ4v) is 1.68. The zero-order valence-electron chi connectivity index (χ0n) is 11.4. The SMILES string of the molecule is CCCc1nn(C)c(NCC(C)(C)N)c1[N+](=O)[O-]. The van der Waals surface area contributed by atoms with Gasteiger partial charge in [-0.05, 0) is 20.3 Å². The number of hydrogen-bond donors (Lipinski definition) is 2. The lowest BCUT2D eigenvalue weighted by molar-refractivity contribution is -0.384. The minimum absolute atomic E-state index is 0.0589. The average molecular weight is 255 g/mol. The van der Waals surface area contributed by atoms with E-state index in [1.54, 1.807) is 7.05 Å². The summed E-state index contributed by atoms with van der Waals surface area (Å²) >= 11 is 0. The van der Waals surface area contributed by atoms with Crippen molar-refractivity contribution < 1.29 is 4.92 Å². The van der Waals surface area contributed by atoms with E-state index in [2.05, 4.69) is 10.4 Å². The van der Waals surface area contributed by atoms with Gasteiger partial charge < -0.3 is 11.1 Å². The second kappa shape index (κ2) is 5.34. The highest BCUT2D eigenvalue weighted by Crippen LogP contribution is 2.29. The highest BCUT2D eigenvalue weighted by atomic mass is 16.6. The van der Waals surface area contributed by atoms with Crippen LogP contribution in [0.5, 0.6) is 0 Å². The summed E-state index contributed by atoms with van der Waals surface area (Å²) in [7, 11) is 1.69. The summed E-state index contributed by atoms with van der Waals surface area (Å²) in [5.41, 5.74) is 6.00. The Labute approximate surface area is 107 Å². The van der Waals surface area contributed by atoms with Gasteiger partial charge in [-0.2, -0.15) is 5.10 Å². The van der Waals surface area contributed by atoms with Crippen molar-refractivity contribution in [3.05, 3.63) is 15.8 Å². The van der Waals surface area contributed by atoms with Crippen molar-refractivity contribution in [2.24, 2.45) is 12.8 Å². The number of aromatic nitrogens is 2. The van der Waals surface area contributed by atoms with Crippen LogP contribution in [0.2, 0.25) is 0 Å². The van der Waals surface area contributed by atoms with Gasteiger partial charge in [-0.15, -0.1) is 0 Å². The Hall–Kier alpha value is -1.63. The minimum atomic E-state index is -0.441. The first kappa shape index (κ1) is 14.4. The van der Waals surface area contributed by atoms with Crippen molar-refractivity contribution >= 4 is 11.5 Å². The number of rotatable bonds is 6. The van der Waals surface area contributed by atoms with Crippen molar-refractivity contribution in [1.82, 2.24) is 9.78 Å². The van der Waals surface area contributed by atoms with Crippen molar-refractivity contribution in [1.29, 1.82) is 0 Å². The summed E-state index contributed by atoms with van der Waals surface area (Å²) < 4.78 is 1.51. The largest absolute Gasteiger partial charge is 0.363 e. The summed E-state index contributed by atoms with van der Waals surface area (Å²) in [6.07, 6.45) is 1.41. The van der Waals surface area contributed by atoms with Crippen molar-refractivity contribution in [2.45, 2.75) is 39.2 Å². The van der Waals surface area contributed by atoms with Crippen LogP contribution in [-0.4, -0.2) is 26.8 Å². The fraction of sp³-hybridized carbons (Fsp3) is 0.727. The van der Waals surface area contributed by atoms with Gasteiger partial charge in [0, 0.05) is 19.1 Å². The minimum Gasteiger partial charge on any atom is -0.363 e. The van der Waals surface area contributed by atoms with Gasteiger partial charge in [0.05, 0.1) is 4.92 Å². The Balaban J connectivity index is 3.05. The highest BCUT2D eigenvalue weighted by Gasteiger charge is 2.26. The van der Waals surface area contributed by atoms with Crippen LogP contribution in [0.15, 0.2) is 0 Å². The molecule has 0 spiro atoms. The van der Waals surface area contributed by atoms with Gasteiger partial charge in [-0.3, -0.25) is 10.1 Å². The van der Waals surface area contributed by atoms with Crippen molar-refractivity contribution in [3.63, 3.8) is 0 Å². The molecule has 0 fully saturated rings. The Kier molecular flexibility index (Phi) is 4.28. The molecule has 0 atom stereocenters. The third-order valence-electron chi connectivity index (χ3n) is 2.47. The average Bonchev–Trinajstić information content (AvgIpc) is 2.51. The lowest BCUT2D eigenvalue weighted by atomic mass is 10.1. The first-order valence-electron chi connectivity index (χ1n) is 5.99. The molecule has 0 aromatic carbocycles. The molecule has 0 aliphatic heterocycles. The van der Waals surface area contributed by atoms with Gasteiger partial charge >= 0.3 is 5.69 Å². The maximum absolute atomic E-state index is 11.1. The van der Waals surface area contributed by atoms with Crippen LogP contribution in [-0.2, 0) is 13.5 Å². The van der Waals surface area contributed by atoms with Gasteiger partial charge in [0.15, 0.2) is 0 Å². The molecule has 3 N–H and O–H groups in total. The summed E-state index contributed by atoms with van der Waals surface area (Å²) in [6, 6.07) is 0. The lowest BCUT2D eigenvalue weighted by Gasteiger charge is -2.19. The molecule has 0 aliphatic carbocycles. The molecule has 7 nitrogen and oxygen atoms in total. The molecule has 1 aromatic rings. The lowest BCUT2D eigenvalue weighted by Crippen LogP contribution is -2.40. The molecule has 0 saturated heterocycles. The second-order valence-corrected chi connectivity index (χ2v) is 5.12. The normalized spacial score (nSPS) is 11.6. The van der Waals surface area contributed by atoms with Crippen molar-refractivity contribution in [3.8, 4) is 0 Å². The molecule has 0 amide bonds. The van der Waals surface area contributed by atoms with Gasteiger partial charge in [-0.1, -0.05) is 13.3 Å². The highest BCUT2D eigenvalue weighted by molar-refractivity contribution is 5.60. The molecule has 0 saturated carbocycles. The monoisotopic (exact) mass is 255 g/mol. The van der Waals surface area contributed by atoms with E-state index in [9.17, 15) is 10.1 Å². The summed E-state index contributed by atoms with van der Waals surface area (Å²) in [5, 5.41) is 18.3. The van der Waals surface area contributed by atoms with E-state index >= 15 is 0 Å². The van der Waals surface area contributed by atoms with Crippen LogP contribution in [0.4, 0.5) is 11.5 Å². The topological polar surface area (TPSA) is 99.0 Å². The third kappa shape index (κ3) is 3.43. The van der Waals surface area contributed by atoms with Gasteiger partial charge in [0.2, 0.25) is 5.82 Å². The quantitative estimate of drug-likeness (QED) is 0.591. The molecule has 1 aromatic heterocycles. The summed E-state index contributed by atoms with van der Waals surface area (Å²) in [5.74, 6) is 0.418. The first-order valence-corrected chi connectivity index (χ1v) is 5.99. The smallest absolute Gasteiger partial charge is 0.333 e. The van der Waals surface area contributed by atoms with Gasteiger partial charge in [0.1, 0.15) is 5.69 Å². The Morgan fingerprint density at radius 2 is 2.17 bits per heavy atom. The van der Waals surface area contributed by atoms with Crippen LogP contribution in [0.3, 0.4) is 0 Å². The number of nitrogens with one attached hydrogen (secondary N) is 1. The summed E-state index contributed by atoms with van der Waals surface area (Å²) in [4.78, 5) is 10.8. The molecular weight excluding hydrogens is 234 g/mol. The first-order chi connectivity index (χ1) is 8.26. The van der Waals surface area contributed by atoms with Crippen molar-refractivity contribution in [2.75, 3.05) is 11.9 Å². The van der Waals surface area contributed by atoms with E-state index in [0.717, 1.165) is 6.42 Å². The third-order valence-corrected chi connectivity index (χ3v) is 2.47. The number of aryl methyl sites for hydroxylation is 2. The second-order valence-electron chi connectivity index (χ2n) is 5.12. The van der Waals surface area contributed by atoms with E-state index in [-0.39, 0.29) is 10.6 Å². The molecule has 7 heteroatoms. The molecule has 1 heterocycles. The number of nitrogens with two attached hydrogens (primary N) is 1. The molecule has 0 aliphatic rings. The zero-order valence-corrected chi connectivity index (χ0v) is 11.4. The van der Waals surface area contributed by atoms with Crippen LogP contribution >= 0.6 is 0 Å². The van der Waals surface area contributed by atoms with E-state index in [1.165, 1.54) is 4.68 Å². The molecule has 1 rings (SSSR count). The van der Waals surface area contributed by atoms with Crippen LogP contribution < -0.4 is 11.1 Å². The maximum atomic E-state index is 11.1. The molecule has 102 valence electrons. The van der Waals surface area contributed by atoms with Gasteiger partial charge in [0.25, 0.3) is 0 Å². The Morgan fingerprint density at radius 3 is 2.61 bits per heavy atom. The zero-order chi connectivity index (χ0) is 13.9. The Morgan fingerprint density at radius 1 is 1.56 bits per heavy atom. The van der Waals surface area contributed by atoms with E-state index in [4.69, 9.17) is 5.73 Å². The number of anilines is 1. The van der Waals surface area contributed by atoms with E-state index in [0.29, 0.717) is 24.5 Å². The molecule has 0 bridgehead atoms.